The van der Waals surface area contributed by atoms with Gasteiger partial charge in [-0.15, -0.1) is 0 Å². The van der Waals surface area contributed by atoms with Gasteiger partial charge in [-0.05, 0) is 43.2 Å². The number of hydrogen-bond donors (Lipinski definition) is 2. The average molecular weight is 337 g/mol. The van der Waals surface area contributed by atoms with E-state index in [-0.39, 0.29) is 18.5 Å². The molecular weight excluding hydrogens is 319 g/mol. The quantitative estimate of drug-likeness (QED) is 0.838. The first-order chi connectivity index (χ1) is 10.5. The summed E-state index contributed by atoms with van der Waals surface area (Å²) in [5.74, 6) is -0.121. The van der Waals surface area contributed by atoms with Crippen LogP contribution in [0.3, 0.4) is 0 Å². The van der Waals surface area contributed by atoms with Crippen molar-refractivity contribution >= 4 is 34.8 Å². The maximum absolute atomic E-state index is 12.0. The lowest BCUT2D eigenvalue weighted by molar-refractivity contribution is -0.115. The third-order valence-electron chi connectivity index (χ3n) is 3.48. The molecule has 0 fully saturated rings. The summed E-state index contributed by atoms with van der Waals surface area (Å²) >= 11 is 12.2. The van der Waals surface area contributed by atoms with E-state index in [4.69, 9.17) is 23.2 Å². The summed E-state index contributed by atoms with van der Waals surface area (Å²) in [4.78, 5) is 12.0. The van der Waals surface area contributed by atoms with Gasteiger partial charge in [0.2, 0.25) is 5.91 Å². The van der Waals surface area contributed by atoms with Gasteiger partial charge in [-0.25, -0.2) is 0 Å². The highest BCUT2D eigenvalue weighted by atomic mass is 35.5. The first kappa shape index (κ1) is 16.8. The van der Waals surface area contributed by atoms with Crippen molar-refractivity contribution in [1.82, 2.24) is 5.32 Å². The zero-order chi connectivity index (χ0) is 16.1. The van der Waals surface area contributed by atoms with Gasteiger partial charge < -0.3 is 10.6 Å². The largest absolute Gasteiger partial charge is 0.325 e. The lowest BCUT2D eigenvalue weighted by Crippen LogP contribution is -2.30. The van der Waals surface area contributed by atoms with Gasteiger partial charge in [-0.2, -0.15) is 0 Å². The highest BCUT2D eigenvalue weighted by molar-refractivity contribution is 6.32. The Bertz CT molecular complexity index is 673. The molecule has 2 aromatic rings. The predicted octanol–water partition coefficient (Wildman–Crippen LogP) is 4.59. The molecule has 0 aliphatic rings. The molecule has 1 amide bonds. The molecule has 0 spiro atoms. The number of rotatable bonds is 5. The van der Waals surface area contributed by atoms with Crippen LogP contribution in [0.25, 0.3) is 0 Å². The van der Waals surface area contributed by atoms with Crippen molar-refractivity contribution in [2.75, 3.05) is 11.9 Å². The normalized spacial score (nSPS) is 12.0. The number of benzene rings is 2. The molecule has 0 bridgehead atoms. The van der Waals surface area contributed by atoms with E-state index in [2.05, 4.69) is 10.6 Å². The van der Waals surface area contributed by atoms with E-state index in [9.17, 15) is 4.79 Å². The third-order valence-corrected chi connectivity index (χ3v) is 4.24. The standard InChI is InChI=1S/C17H18Cl2N2O/c1-11-14(18)8-5-9-16(11)21-17(22)10-20-12(2)13-6-3-4-7-15(13)19/h3-9,12,20H,10H2,1-2H3,(H,21,22). The summed E-state index contributed by atoms with van der Waals surface area (Å²) < 4.78 is 0. The van der Waals surface area contributed by atoms with Crippen LogP contribution >= 0.6 is 23.2 Å². The van der Waals surface area contributed by atoms with E-state index < -0.39 is 0 Å². The smallest absolute Gasteiger partial charge is 0.238 e. The van der Waals surface area contributed by atoms with Gasteiger partial charge in [-0.3, -0.25) is 4.79 Å². The topological polar surface area (TPSA) is 41.1 Å². The first-order valence-electron chi connectivity index (χ1n) is 7.02. The van der Waals surface area contributed by atoms with E-state index >= 15 is 0 Å². The fourth-order valence-electron chi connectivity index (χ4n) is 2.12. The van der Waals surface area contributed by atoms with E-state index in [1.807, 2.05) is 50.2 Å². The Hall–Kier alpha value is -1.55. The van der Waals surface area contributed by atoms with Gasteiger partial charge in [0.05, 0.1) is 6.54 Å². The molecule has 0 saturated carbocycles. The maximum atomic E-state index is 12.0. The van der Waals surface area contributed by atoms with Crippen LogP contribution in [-0.4, -0.2) is 12.5 Å². The molecule has 0 aromatic heterocycles. The molecule has 5 heteroatoms. The minimum atomic E-state index is -0.121. The molecular formula is C17H18Cl2N2O. The summed E-state index contributed by atoms with van der Waals surface area (Å²) in [5.41, 5.74) is 2.55. The summed E-state index contributed by atoms with van der Waals surface area (Å²) in [5, 5.41) is 7.34. The maximum Gasteiger partial charge on any atom is 0.238 e. The molecule has 0 aliphatic carbocycles. The molecule has 0 saturated heterocycles. The Morgan fingerprint density at radius 1 is 1.09 bits per heavy atom. The molecule has 0 heterocycles. The van der Waals surface area contributed by atoms with Crippen molar-refractivity contribution in [1.29, 1.82) is 0 Å². The number of anilines is 1. The molecule has 2 rings (SSSR count). The molecule has 1 atom stereocenters. The summed E-state index contributed by atoms with van der Waals surface area (Å²) in [6, 6.07) is 13.0. The average Bonchev–Trinajstić information content (AvgIpc) is 2.50. The van der Waals surface area contributed by atoms with Crippen LogP contribution in [0.2, 0.25) is 10.0 Å². The lowest BCUT2D eigenvalue weighted by atomic mass is 10.1. The molecule has 2 N–H and O–H groups in total. The molecule has 1 unspecified atom stereocenters. The highest BCUT2D eigenvalue weighted by Crippen LogP contribution is 2.23. The molecule has 116 valence electrons. The second-order valence-electron chi connectivity index (χ2n) is 5.08. The van der Waals surface area contributed by atoms with Gasteiger partial charge in [-0.1, -0.05) is 47.5 Å². The minimum Gasteiger partial charge on any atom is -0.325 e. The number of hydrogen-bond acceptors (Lipinski definition) is 2. The number of carbonyl (C=O) groups excluding carboxylic acids is 1. The van der Waals surface area contributed by atoms with Gasteiger partial charge in [0.1, 0.15) is 0 Å². The van der Waals surface area contributed by atoms with Gasteiger partial charge >= 0.3 is 0 Å². The lowest BCUT2D eigenvalue weighted by Gasteiger charge is -2.16. The van der Waals surface area contributed by atoms with Crippen LogP contribution < -0.4 is 10.6 Å². The van der Waals surface area contributed by atoms with Crippen LogP contribution in [-0.2, 0) is 4.79 Å². The highest BCUT2D eigenvalue weighted by Gasteiger charge is 2.11. The summed E-state index contributed by atoms with van der Waals surface area (Å²) in [6.07, 6.45) is 0. The third kappa shape index (κ3) is 4.23. The fourth-order valence-corrected chi connectivity index (χ4v) is 2.59. The van der Waals surface area contributed by atoms with Crippen molar-refractivity contribution in [3.63, 3.8) is 0 Å². The van der Waals surface area contributed by atoms with Crippen molar-refractivity contribution in [2.24, 2.45) is 0 Å². The van der Waals surface area contributed by atoms with Crippen molar-refractivity contribution in [3.05, 3.63) is 63.6 Å². The second-order valence-corrected chi connectivity index (χ2v) is 5.90. The van der Waals surface area contributed by atoms with Gasteiger partial charge in [0.25, 0.3) is 0 Å². The predicted molar refractivity (Wildman–Crippen MR) is 92.7 cm³/mol. The van der Waals surface area contributed by atoms with Crippen LogP contribution in [0.1, 0.15) is 24.1 Å². The Labute approximate surface area is 140 Å². The van der Waals surface area contributed by atoms with E-state index in [0.29, 0.717) is 10.0 Å². The Balaban J connectivity index is 1.93. The van der Waals surface area contributed by atoms with Gasteiger partial charge in [0, 0.05) is 21.8 Å². The second kappa shape index (κ2) is 7.63. The van der Waals surface area contributed by atoms with Crippen LogP contribution in [0.4, 0.5) is 5.69 Å². The first-order valence-corrected chi connectivity index (χ1v) is 7.77. The van der Waals surface area contributed by atoms with E-state index in [0.717, 1.165) is 16.8 Å². The number of nitrogens with one attached hydrogen (secondary N) is 2. The van der Waals surface area contributed by atoms with Crippen molar-refractivity contribution < 1.29 is 4.79 Å². The van der Waals surface area contributed by atoms with Crippen molar-refractivity contribution in [3.8, 4) is 0 Å². The van der Waals surface area contributed by atoms with Crippen molar-refractivity contribution in [2.45, 2.75) is 19.9 Å². The fraction of sp³-hybridized carbons (Fsp3) is 0.235. The molecule has 0 radical (unpaired) electrons. The zero-order valence-electron chi connectivity index (χ0n) is 12.5. The van der Waals surface area contributed by atoms with Crippen LogP contribution in [0.15, 0.2) is 42.5 Å². The Kier molecular flexibility index (Phi) is 5.83. The van der Waals surface area contributed by atoms with Gasteiger partial charge in [0.15, 0.2) is 0 Å². The van der Waals surface area contributed by atoms with Crippen LogP contribution in [0.5, 0.6) is 0 Å². The number of halogens is 2. The molecule has 3 nitrogen and oxygen atoms in total. The van der Waals surface area contributed by atoms with Crippen LogP contribution in [0, 0.1) is 6.92 Å². The minimum absolute atomic E-state index is 0.0140. The van der Waals surface area contributed by atoms with E-state index in [1.165, 1.54) is 0 Å². The monoisotopic (exact) mass is 336 g/mol. The Morgan fingerprint density at radius 2 is 1.77 bits per heavy atom. The SMILES string of the molecule is Cc1c(Cl)cccc1NC(=O)CNC(C)c1ccccc1Cl. The Morgan fingerprint density at radius 3 is 2.50 bits per heavy atom. The molecule has 22 heavy (non-hydrogen) atoms. The molecule has 2 aromatic carbocycles. The number of amides is 1. The number of carbonyl (C=O) groups is 1. The van der Waals surface area contributed by atoms with E-state index in [1.54, 1.807) is 6.07 Å². The molecule has 0 aliphatic heterocycles. The summed E-state index contributed by atoms with van der Waals surface area (Å²) in [6.45, 7) is 4.04. The summed E-state index contributed by atoms with van der Waals surface area (Å²) in [7, 11) is 0. The zero-order valence-corrected chi connectivity index (χ0v) is 14.0.